The zero-order valence-electron chi connectivity index (χ0n) is 10.8. The van der Waals surface area contributed by atoms with Crippen molar-refractivity contribution < 1.29 is 0 Å². The molecule has 0 saturated heterocycles. The first-order valence-electron chi connectivity index (χ1n) is 6.92. The number of fused-ring (bicyclic) bond motifs is 5. The molecule has 0 spiro atoms. The molecule has 4 atom stereocenters. The summed E-state index contributed by atoms with van der Waals surface area (Å²) in [4.78, 5) is 0. The molecule has 0 aliphatic heterocycles. The fraction of sp³-hybridized carbons (Fsp3) is 0.714. The van der Waals surface area contributed by atoms with Crippen molar-refractivity contribution in [1.82, 2.24) is 10.2 Å². The second kappa shape index (κ2) is 3.60. The standard InChI is InChI=1S/C14H18ClN3/c1-6-7(2)14(18-17-13(6)15)16-12-10-8-3-4-9(5-8)11(10)12/h8-12H,3-5H2,1-2H3,(H,16,18). The third kappa shape index (κ3) is 1.37. The lowest BCUT2D eigenvalue weighted by atomic mass is 10.0. The van der Waals surface area contributed by atoms with E-state index in [1.165, 1.54) is 19.3 Å². The first-order valence-corrected chi connectivity index (χ1v) is 7.30. The Kier molecular flexibility index (Phi) is 2.20. The van der Waals surface area contributed by atoms with E-state index in [-0.39, 0.29) is 0 Å². The van der Waals surface area contributed by atoms with Crippen molar-refractivity contribution in [2.24, 2.45) is 23.7 Å². The molecule has 1 aromatic heterocycles. The van der Waals surface area contributed by atoms with Crippen LogP contribution in [-0.2, 0) is 0 Å². The summed E-state index contributed by atoms with van der Waals surface area (Å²) in [6, 6.07) is 0.657. The van der Waals surface area contributed by atoms with Crippen molar-refractivity contribution in [3.63, 3.8) is 0 Å². The van der Waals surface area contributed by atoms with Gasteiger partial charge in [-0.2, -0.15) is 0 Å². The van der Waals surface area contributed by atoms with Crippen LogP contribution in [0, 0.1) is 37.5 Å². The van der Waals surface area contributed by atoms with Crippen LogP contribution in [0.4, 0.5) is 5.82 Å². The van der Waals surface area contributed by atoms with Crippen molar-refractivity contribution in [3.8, 4) is 0 Å². The van der Waals surface area contributed by atoms with Gasteiger partial charge in [0.05, 0.1) is 0 Å². The maximum atomic E-state index is 5.99. The largest absolute Gasteiger partial charge is 0.365 e. The monoisotopic (exact) mass is 263 g/mol. The first kappa shape index (κ1) is 11.0. The van der Waals surface area contributed by atoms with Crippen molar-refractivity contribution in [2.45, 2.75) is 39.2 Å². The van der Waals surface area contributed by atoms with Crippen molar-refractivity contribution >= 4 is 17.4 Å². The van der Waals surface area contributed by atoms with Gasteiger partial charge in [0, 0.05) is 6.04 Å². The van der Waals surface area contributed by atoms with E-state index in [0.717, 1.165) is 40.6 Å². The Balaban J connectivity index is 1.56. The number of hydrogen-bond acceptors (Lipinski definition) is 3. The van der Waals surface area contributed by atoms with Crippen LogP contribution in [0.25, 0.3) is 0 Å². The van der Waals surface area contributed by atoms with Crippen molar-refractivity contribution in [1.29, 1.82) is 0 Å². The van der Waals surface area contributed by atoms with Gasteiger partial charge in [-0.05, 0) is 67.9 Å². The quantitative estimate of drug-likeness (QED) is 0.890. The molecule has 96 valence electrons. The number of anilines is 1. The van der Waals surface area contributed by atoms with Gasteiger partial charge < -0.3 is 5.32 Å². The van der Waals surface area contributed by atoms with Crippen LogP contribution in [0.3, 0.4) is 0 Å². The molecule has 0 amide bonds. The predicted octanol–water partition coefficient (Wildman–Crippen LogP) is 3.20. The van der Waals surface area contributed by atoms with E-state index in [2.05, 4.69) is 22.4 Å². The van der Waals surface area contributed by atoms with Gasteiger partial charge >= 0.3 is 0 Å². The third-order valence-corrected chi connectivity index (χ3v) is 5.86. The molecule has 2 bridgehead atoms. The summed E-state index contributed by atoms with van der Waals surface area (Å²) in [7, 11) is 0. The van der Waals surface area contributed by atoms with Crippen molar-refractivity contribution in [2.75, 3.05) is 5.32 Å². The minimum Gasteiger partial charge on any atom is -0.365 e. The molecule has 3 saturated carbocycles. The van der Waals surface area contributed by atoms with Gasteiger partial charge in [0.25, 0.3) is 0 Å². The normalized spacial score (nSPS) is 39.8. The summed E-state index contributed by atoms with van der Waals surface area (Å²) in [5, 5.41) is 12.4. The molecule has 1 N–H and O–H groups in total. The molecule has 18 heavy (non-hydrogen) atoms. The van der Waals surface area contributed by atoms with Crippen molar-refractivity contribution in [3.05, 3.63) is 16.3 Å². The summed E-state index contributed by atoms with van der Waals surface area (Å²) in [5.41, 5.74) is 2.19. The molecule has 0 aromatic carbocycles. The minimum atomic E-state index is 0.522. The lowest BCUT2D eigenvalue weighted by Gasteiger charge is -2.13. The summed E-state index contributed by atoms with van der Waals surface area (Å²) >= 11 is 5.99. The Morgan fingerprint density at radius 3 is 2.39 bits per heavy atom. The van der Waals surface area contributed by atoms with Gasteiger partial charge in [-0.1, -0.05) is 11.6 Å². The molecule has 3 aliphatic rings. The Morgan fingerprint density at radius 2 is 1.72 bits per heavy atom. The first-order chi connectivity index (χ1) is 8.66. The average Bonchev–Trinajstić information content (AvgIpc) is 2.76. The molecule has 4 heteroatoms. The molecule has 3 aliphatic carbocycles. The van der Waals surface area contributed by atoms with Crippen LogP contribution in [0.2, 0.25) is 5.15 Å². The highest BCUT2D eigenvalue weighted by atomic mass is 35.5. The maximum absolute atomic E-state index is 5.99. The van der Waals surface area contributed by atoms with Crippen LogP contribution >= 0.6 is 11.6 Å². The summed E-state index contributed by atoms with van der Waals surface area (Å²) < 4.78 is 0. The number of halogens is 1. The van der Waals surface area contributed by atoms with Crippen LogP contribution in [-0.4, -0.2) is 16.2 Å². The number of rotatable bonds is 2. The van der Waals surface area contributed by atoms with Gasteiger partial charge in [-0.3, -0.25) is 0 Å². The molecule has 3 nitrogen and oxygen atoms in total. The second-order valence-electron chi connectivity index (χ2n) is 6.25. The number of aromatic nitrogens is 2. The van der Waals surface area contributed by atoms with E-state index in [1.54, 1.807) is 0 Å². The molecule has 4 rings (SSSR count). The number of nitrogens with zero attached hydrogens (tertiary/aromatic N) is 2. The molecular weight excluding hydrogens is 246 g/mol. The van der Waals surface area contributed by atoms with Gasteiger partial charge in [0.2, 0.25) is 0 Å². The lowest BCUT2D eigenvalue weighted by molar-refractivity contribution is 0.456. The molecule has 4 unspecified atom stereocenters. The molecule has 1 heterocycles. The zero-order valence-corrected chi connectivity index (χ0v) is 11.5. The van der Waals surface area contributed by atoms with Crippen LogP contribution in [0.1, 0.15) is 30.4 Å². The molecule has 3 fully saturated rings. The predicted molar refractivity (Wildman–Crippen MR) is 71.7 cm³/mol. The van der Waals surface area contributed by atoms with E-state index in [1.807, 2.05) is 6.92 Å². The third-order valence-electron chi connectivity index (χ3n) is 5.50. The van der Waals surface area contributed by atoms with Gasteiger partial charge in [-0.15, -0.1) is 10.2 Å². The smallest absolute Gasteiger partial charge is 0.155 e. The van der Waals surface area contributed by atoms with E-state index in [0.29, 0.717) is 11.2 Å². The Hall–Kier alpha value is -0.830. The van der Waals surface area contributed by atoms with Crippen LogP contribution < -0.4 is 5.32 Å². The fourth-order valence-corrected chi connectivity index (χ4v) is 4.57. The molecule has 1 aromatic rings. The summed E-state index contributed by atoms with van der Waals surface area (Å²) in [5.74, 6) is 4.75. The summed E-state index contributed by atoms with van der Waals surface area (Å²) in [6.45, 7) is 4.08. The highest BCUT2D eigenvalue weighted by molar-refractivity contribution is 6.30. The Morgan fingerprint density at radius 1 is 1.06 bits per heavy atom. The Bertz CT molecular complexity index is 500. The average molecular weight is 264 g/mol. The fourth-order valence-electron chi connectivity index (χ4n) is 4.39. The lowest BCUT2D eigenvalue weighted by Crippen LogP contribution is -2.15. The maximum Gasteiger partial charge on any atom is 0.155 e. The topological polar surface area (TPSA) is 37.8 Å². The molecule has 0 radical (unpaired) electrons. The second-order valence-corrected chi connectivity index (χ2v) is 6.61. The molecular formula is C14H18ClN3. The minimum absolute atomic E-state index is 0.522. The SMILES string of the molecule is Cc1c(Cl)nnc(NC2C3C4CCC(C4)C23)c1C. The highest BCUT2D eigenvalue weighted by Crippen LogP contribution is 2.66. The van der Waals surface area contributed by atoms with E-state index in [9.17, 15) is 0 Å². The van der Waals surface area contributed by atoms with E-state index < -0.39 is 0 Å². The van der Waals surface area contributed by atoms with E-state index in [4.69, 9.17) is 11.6 Å². The number of nitrogens with one attached hydrogen (secondary N) is 1. The summed E-state index contributed by atoms with van der Waals surface area (Å²) in [6.07, 6.45) is 4.39. The van der Waals surface area contributed by atoms with E-state index >= 15 is 0 Å². The van der Waals surface area contributed by atoms with Gasteiger partial charge in [0.15, 0.2) is 11.0 Å². The Labute approximate surface area is 112 Å². The zero-order chi connectivity index (χ0) is 12.4. The van der Waals surface area contributed by atoms with Gasteiger partial charge in [-0.25, -0.2) is 0 Å². The van der Waals surface area contributed by atoms with Crippen LogP contribution in [0.5, 0.6) is 0 Å². The van der Waals surface area contributed by atoms with Gasteiger partial charge in [0.1, 0.15) is 0 Å². The number of hydrogen-bond donors (Lipinski definition) is 1. The highest BCUT2D eigenvalue weighted by Gasteiger charge is 2.65. The van der Waals surface area contributed by atoms with Crippen LogP contribution in [0.15, 0.2) is 0 Å².